The van der Waals surface area contributed by atoms with Crippen molar-refractivity contribution in [3.05, 3.63) is 71.8 Å². The van der Waals surface area contributed by atoms with E-state index in [1.807, 2.05) is 60.7 Å². The van der Waals surface area contributed by atoms with Crippen LogP contribution in [0.15, 0.2) is 60.7 Å². The minimum Gasteiger partial charge on any atom is -0.352 e. The van der Waals surface area contributed by atoms with E-state index in [-0.39, 0.29) is 24.4 Å². The van der Waals surface area contributed by atoms with Crippen molar-refractivity contribution in [2.75, 3.05) is 6.54 Å². The molecule has 4 rings (SSSR count). The average Bonchev–Trinajstić information content (AvgIpc) is 3.32. The summed E-state index contributed by atoms with van der Waals surface area (Å²) < 4.78 is 0. The molecule has 0 radical (unpaired) electrons. The second kappa shape index (κ2) is 8.07. The number of imide groups is 1. The van der Waals surface area contributed by atoms with E-state index in [1.54, 1.807) is 0 Å². The molecule has 150 valence electrons. The van der Waals surface area contributed by atoms with Gasteiger partial charge in [-0.25, -0.2) is 4.79 Å². The molecule has 1 saturated heterocycles. The first kappa shape index (κ1) is 19.2. The van der Waals surface area contributed by atoms with Gasteiger partial charge in [0.05, 0.1) is 0 Å². The molecule has 2 aromatic rings. The normalized spacial score (nSPS) is 22.0. The van der Waals surface area contributed by atoms with Gasteiger partial charge in [0.25, 0.3) is 5.91 Å². The third kappa shape index (κ3) is 3.88. The van der Waals surface area contributed by atoms with Crippen LogP contribution in [0.4, 0.5) is 4.79 Å². The van der Waals surface area contributed by atoms with Crippen molar-refractivity contribution < 1.29 is 14.4 Å². The number of nitrogens with zero attached hydrogens (tertiary/aromatic N) is 1. The van der Waals surface area contributed by atoms with Crippen LogP contribution in [0.2, 0.25) is 0 Å². The zero-order valence-corrected chi connectivity index (χ0v) is 16.3. The lowest BCUT2D eigenvalue weighted by molar-refractivity contribution is -0.135. The van der Waals surface area contributed by atoms with Crippen molar-refractivity contribution in [3.8, 4) is 0 Å². The van der Waals surface area contributed by atoms with Crippen LogP contribution >= 0.6 is 0 Å². The Kier molecular flexibility index (Phi) is 5.34. The van der Waals surface area contributed by atoms with E-state index in [4.69, 9.17) is 0 Å². The van der Waals surface area contributed by atoms with E-state index in [9.17, 15) is 14.4 Å². The number of carbonyl (C=O) groups is 3. The van der Waals surface area contributed by atoms with Crippen LogP contribution in [0.3, 0.4) is 0 Å². The molecule has 1 atom stereocenters. The first-order valence-corrected chi connectivity index (χ1v) is 10.1. The van der Waals surface area contributed by atoms with E-state index >= 15 is 0 Å². The first-order chi connectivity index (χ1) is 14.1. The summed E-state index contributed by atoms with van der Waals surface area (Å²) >= 11 is 0. The van der Waals surface area contributed by atoms with Crippen LogP contribution in [0.1, 0.15) is 36.8 Å². The van der Waals surface area contributed by atoms with Crippen molar-refractivity contribution in [2.45, 2.75) is 43.7 Å². The van der Waals surface area contributed by atoms with Crippen LogP contribution in [-0.2, 0) is 21.5 Å². The Bertz CT molecular complexity index is 894. The highest BCUT2D eigenvalue weighted by Gasteiger charge is 2.52. The second-order valence-corrected chi connectivity index (χ2v) is 7.80. The van der Waals surface area contributed by atoms with Gasteiger partial charge in [-0.2, -0.15) is 0 Å². The lowest BCUT2D eigenvalue weighted by atomic mass is 9.83. The van der Waals surface area contributed by atoms with Gasteiger partial charge < -0.3 is 10.6 Å². The molecule has 1 saturated carbocycles. The first-order valence-electron chi connectivity index (χ1n) is 10.1. The molecule has 0 aromatic heterocycles. The Balaban J connectivity index is 1.59. The maximum Gasteiger partial charge on any atom is 0.325 e. The molecule has 29 heavy (non-hydrogen) atoms. The van der Waals surface area contributed by atoms with Crippen molar-refractivity contribution in [2.24, 2.45) is 0 Å². The van der Waals surface area contributed by atoms with E-state index in [0.717, 1.165) is 36.1 Å². The molecule has 1 aliphatic carbocycles. The number of hydrogen-bond donors (Lipinski definition) is 2. The van der Waals surface area contributed by atoms with E-state index in [0.29, 0.717) is 12.0 Å². The summed E-state index contributed by atoms with van der Waals surface area (Å²) in [6.07, 6.45) is 4.43. The monoisotopic (exact) mass is 391 g/mol. The summed E-state index contributed by atoms with van der Waals surface area (Å²) in [5.41, 5.74) is 0.427. The molecule has 2 aliphatic rings. The van der Waals surface area contributed by atoms with Crippen LogP contribution in [0.25, 0.3) is 0 Å². The van der Waals surface area contributed by atoms with Crippen LogP contribution < -0.4 is 10.6 Å². The number of hydrogen-bond acceptors (Lipinski definition) is 3. The Hall–Kier alpha value is -3.15. The highest BCUT2D eigenvalue weighted by Crippen LogP contribution is 2.33. The van der Waals surface area contributed by atoms with Gasteiger partial charge in [0.15, 0.2) is 5.54 Å². The van der Waals surface area contributed by atoms with Crippen LogP contribution in [0, 0.1) is 0 Å². The van der Waals surface area contributed by atoms with E-state index in [2.05, 4.69) is 10.6 Å². The summed E-state index contributed by atoms with van der Waals surface area (Å²) in [4.78, 5) is 39.7. The quantitative estimate of drug-likeness (QED) is 0.743. The zero-order chi connectivity index (χ0) is 20.3. The molecular formula is C23H25N3O3. The fourth-order valence-corrected chi connectivity index (χ4v) is 4.30. The number of amides is 4. The molecule has 1 unspecified atom stereocenters. The summed E-state index contributed by atoms with van der Waals surface area (Å²) in [5, 5.41) is 5.84. The molecule has 6 heteroatoms. The standard InChI is InChI=1S/C23H25N3O3/c27-20(24-19-13-7-8-14-19)16-26-21(28)23(25-22(26)29,18-11-5-2-6-12-18)15-17-9-3-1-4-10-17/h1-6,9-12,19H,7-8,13-16H2,(H,24,27)(H,25,29). The van der Waals surface area contributed by atoms with Crippen molar-refractivity contribution in [1.82, 2.24) is 15.5 Å². The number of urea groups is 1. The van der Waals surface area contributed by atoms with E-state index in [1.165, 1.54) is 0 Å². The minimum absolute atomic E-state index is 0.145. The third-order valence-electron chi connectivity index (χ3n) is 5.78. The maximum atomic E-state index is 13.5. The predicted molar refractivity (Wildman–Crippen MR) is 109 cm³/mol. The van der Waals surface area contributed by atoms with Gasteiger partial charge in [-0.3, -0.25) is 14.5 Å². The minimum atomic E-state index is -1.21. The molecule has 6 nitrogen and oxygen atoms in total. The molecule has 1 heterocycles. The number of carbonyl (C=O) groups excluding carboxylic acids is 3. The Morgan fingerprint density at radius 1 is 1.00 bits per heavy atom. The van der Waals surface area contributed by atoms with Gasteiger partial charge in [-0.1, -0.05) is 73.5 Å². The highest BCUT2D eigenvalue weighted by atomic mass is 16.2. The van der Waals surface area contributed by atoms with Crippen molar-refractivity contribution in [3.63, 3.8) is 0 Å². The number of nitrogens with one attached hydrogen (secondary N) is 2. The Morgan fingerprint density at radius 2 is 1.62 bits per heavy atom. The van der Waals surface area contributed by atoms with Crippen LogP contribution in [0.5, 0.6) is 0 Å². The van der Waals surface area contributed by atoms with Gasteiger partial charge in [0.2, 0.25) is 5.91 Å². The smallest absolute Gasteiger partial charge is 0.325 e. The molecule has 4 amide bonds. The maximum absolute atomic E-state index is 13.5. The second-order valence-electron chi connectivity index (χ2n) is 7.80. The SMILES string of the molecule is O=C(CN1C(=O)NC(Cc2ccccc2)(c2ccccc2)C1=O)NC1CCCC1. The Morgan fingerprint density at radius 3 is 2.28 bits per heavy atom. The van der Waals surface area contributed by atoms with Crippen molar-refractivity contribution >= 4 is 17.8 Å². The number of benzene rings is 2. The Labute approximate surface area is 170 Å². The molecule has 2 aromatic carbocycles. The summed E-state index contributed by atoms with van der Waals surface area (Å²) in [5.74, 6) is -0.678. The fourth-order valence-electron chi connectivity index (χ4n) is 4.30. The van der Waals surface area contributed by atoms with Gasteiger partial charge in [0.1, 0.15) is 6.54 Å². The summed E-state index contributed by atoms with van der Waals surface area (Å²) in [6, 6.07) is 18.4. The fraction of sp³-hybridized carbons (Fsp3) is 0.348. The third-order valence-corrected chi connectivity index (χ3v) is 5.78. The zero-order valence-electron chi connectivity index (χ0n) is 16.3. The molecule has 2 fully saturated rings. The highest BCUT2D eigenvalue weighted by molar-refractivity contribution is 6.09. The molecule has 0 spiro atoms. The van der Waals surface area contributed by atoms with Gasteiger partial charge in [-0.15, -0.1) is 0 Å². The predicted octanol–water partition coefficient (Wildman–Crippen LogP) is 2.74. The molecule has 0 bridgehead atoms. The van der Waals surface area contributed by atoms with Crippen LogP contribution in [-0.4, -0.2) is 35.3 Å². The summed E-state index contributed by atoms with van der Waals surface area (Å²) in [7, 11) is 0. The number of rotatable bonds is 6. The van der Waals surface area contributed by atoms with Gasteiger partial charge in [-0.05, 0) is 24.0 Å². The van der Waals surface area contributed by atoms with Gasteiger partial charge >= 0.3 is 6.03 Å². The average molecular weight is 391 g/mol. The van der Waals surface area contributed by atoms with Crippen molar-refractivity contribution in [1.29, 1.82) is 0 Å². The lowest BCUT2D eigenvalue weighted by Gasteiger charge is -2.27. The lowest BCUT2D eigenvalue weighted by Crippen LogP contribution is -2.47. The van der Waals surface area contributed by atoms with E-state index < -0.39 is 11.6 Å². The molecule has 2 N–H and O–H groups in total. The summed E-state index contributed by atoms with van der Waals surface area (Å²) in [6.45, 7) is -0.259. The topological polar surface area (TPSA) is 78.5 Å². The van der Waals surface area contributed by atoms with Gasteiger partial charge in [0, 0.05) is 12.5 Å². The molecule has 1 aliphatic heterocycles. The molecular weight excluding hydrogens is 366 g/mol. The largest absolute Gasteiger partial charge is 0.352 e.